The SMILES string of the molecule is O=C(CCOc1cccc(F)c1)NCCN1CCOCC1. The number of carbonyl (C=O) groups is 1. The predicted molar refractivity (Wildman–Crippen MR) is 76.8 cm³/mol. The fraction of sp³-hybridized carbons (Fsp3) is 0.533. The largest absolute Gasteiger partial charge is 0.493 e. The Balaban J connectivity index is 1.55. The lowest BCUT2D eigenvalue weighted by molar-refractivity contribution is -0.121. The molecule has 1 aliphatic heterocycles. The third-order valence-corrected chi connectivity index (χ3v) is 3.25. The first-order chi connectivity index (χ1) is 10.2. The molecule has 1 fully saturated rings. The third kappa shape index (κ3) is 6.10. The molecule has 0 radical (unpaired) electrons. The molecule has 1 heterocycles. The molecule has 0 unspecified atom stereocenters. The Kier molecular flexibility index (Phi) is 6.43. The highest BCUT2D eigenvalue weighted by Gasteiger charge is 2.10. The summed E-state index contributed by atoms with van der Waals surface area (Å²) < 4.78 is 23.5. The van der Waals surface area contributed by atoms with Crippen molar-refractivity contribution in [2.24, 2.45) is 0 Å². The van der Waals surface area contributed by atoms with Gasteiger partial charge < -0.3 is 14.8 Å². The van der Waals surface area contributed by atoms with E-state index in [1.165, 1.54) is 12.1 Å². The smallest absolute Gasteiger partial charge is 0.223 e. The van der Waals surface area contributed by atoms with Crippen molar-refractivity contribution in [2.45, 2.75) is 6.42 Å². The normalized spacial score (nSPS) is 15.7. The van der Waals surface area contributed by atoms with E-state index in [9.17, 15) is 9.18 Å². The highest BCUT2D eigenvalue weighted by atomic mass is 19.1. The summed E-state index contributed by atoms with van der Waals surface area (Å²) in [6.45, 7) is 5.05. The standard InChI is InChI=1S/C15H21FN2O3/c16-13-2-1-3-14(12-13)21-9-4-15(19)17-5-6-18-7-10-20-11-8-18/h1-3,12H,4-11H2,(H,17,19). The second-order valence-electron chi connectivity index (χ2n) is 4.86. The number of hydrogen-bond donors (Lipinski definition) is 1. The fourth-order valence-electron chi connectivity index (χ4n) is 2.08. The van der Waals surface area contributed by atoms with Gasteiger partial charge in [0, 0.05) is 32.2 Å². The zero-order valence-electron chi connectivity index (χ0n) is 12.0. The molecular weight excluding hydrogens is 275 g/mol. The van der Waals surface area contributed by atoms with Crippen LogP contribution in [-0.2, 0) is 9.53 Å². The number of rotatable bonds is 7. The van der Waals surface area contributed by atoms with Crippen LogP contribution >= 0.6 is 0 Å². The topological polar surface area (TPSA) is 50.8 Å². The van der Waals surface area contributed by atoms with Crippen molar-refractivity contribution in [3.63, 3.8) is 0 Å². The molecule has 0 aromatic heterocycles. The second-order valence-corrected chi connectivity index (χ2v) is 4.86. The number of nitrogens with one attached hydrogen (secondary N) is 1. The summed E-state index contributed by atoms with van der Waals surface area (Å²) in [4.78, 5) is 13.9. The Bertz CT molecular complexity index is 450. The minimum absolute atomic E-state index is 0.0559. The lowest BCUT2D eigenvalue weighted by Gasteiger charge is -2.26. The number of nitrogens with zero attached hydrogens (tertiary/aromatic N) is 1. The van der Waals surface area contributed by atoms with Crippen LogP contribution in [0.2, 0.25) is 0 Å². The van der Waals surface area contributed by atoms with Crippen LogP contribution < -0.4 is 10.1 Å². The number of benzene rings is 1. The first-order valence-corrected chi connectivity index (χ1v) is 7.19. The zero-order chi connectivity index (χ0) is 14.9. The van der Waals surface area contributed by atoms with Crippen LogP contribution in [0.15, 0.2) is 24.3 Å². The van der Waals surface area contributed by atoms with Gasteiger partial charge in [-0.3, -0.25) is 9.69 Å². The van der Waals surface area contributed by atoms with Crippen molar-refractivity contribution in [3.05, 3.63) is 30.1 Å². The molecule has 5 nitrogen and oxygen atoms in total. The number of amides is 1. The molecule has 1 aromatic carbocycles. The Labute approximate surface area is 124 Å². The highest BCUT2D eigenvalue weighted by molar-refractivity contribution is 5.75. The summed E-state index contributed by atoms with van der Waals surface area (Å²) >= 11 is 0. The molecule has 0 saturated carbocycles. The maximum atomic E-state index is 12.9. The van der Waals surface area contributed by atoms with Gasteiger partial charge in [-0.25, -0.2) is 4.39 Å². The van der Waals surface area contributed by atoms with Crippen molar-refractivity contribution < 1.29 is 18.7 Å². The number of carbonyl (C=O) groups excluding carboxylic acids is 1. The predicted octanol–water partition coefficient (Wildman–Crippen LogP) is 1.04. The third-order valence-electron chi connectivity index (χ3n) is 3.25. The van der Waals surface area contributed by atoms with Crippen molar-refractivity contribution in [1.29, 1.82) is 0 Å². The second kappa shape index (κ2) is 8.59. The molecule has 0 spiro atoms. The van der Waals surface area contributed by atoms with Crippen LogP contribution in [0.25, 0.3) is 0 Å². The van der Waals surface area contributed by atoms with E-state index in [4.69, 9.17) is 9.47 Å². The summed E-state index contributed by atoms with van der Waals surface area (Å²) in [5, 5.41) is 2.85. The maximum absolute atomic E-state index is 12.9. The first-order valence-electron chi connectivity index (χ1n) is 7.19. The van der Waals surface area contributed by atoms with Gasteiger partial charge in [-0.05, 0) is 12.1 Å². The molecule has 21 heavy (non-hydrogen) atoms. The zero-order valence-corrected chi connectivity index (χ0v) is 12.0. The minimum Gasteiger partial charge on any atom is -0.493 e. The molecule has 1 aliphatic rings. The molecule has 0 bridgehead atoms. The van der Waals surface area contributed by atoms with Crippen molar-refractivity contribution in [1.82, 2.24) is 10.2 Å². The molecule has 6 heteroatoms. The van der Waals surface area contributed by atoms with E-state index in [1.807, 2.05) is 0 Å². The van der Waals surface area contributed by atoms with E-state index in [2.05, 4.69) is 10.2 Å². The molecule has 116 valence electrons. The van der Waals surface area contributed by atoms with Gasteiger partial charge in [-0.2, -0.15) is 0 Å². The number of halogens is 1. The summed E-state index contributed by atoms with van der Waals surface area (Å²) in [5.41, 5.74) is 0. The van der Waals surface area contributed by atoms with Gasteiger partial charge in [0.25, 0.3) is 0 Å². The Hall–Kier alpha value is -1.66. The van der Waals surface area contributed by atoms with Crippen LogP contribution in [0.3, 0.4) is 0 Å². The summed E-state index contributed by atoms with van der Waals surface area (Å²) in [7, 11) is 0. The maximum Gasteiger partial charge on any atom is 0.223 e. The summed E-state index contributed by atoms with van der Waals surface area (Å²) in [5.74, 6) is 0.0400. The quantitative estimate of drug-likeness (QED) is 0.817. The Morgan fingerprint density at radius 2 is 2.19 bits per heavy atom. The van der Waals surface area contributed by atoms with Crippen LogP contribution in [-0.4, -0.2) is 56.8 Å². The van der Waals surface area contributed by atoms with Gasteiger partial charge >= 0.3 is 0 Å². The number of morpholine rings is 1. The van der Waals surface area contributed by atoms with Gasteiger partial charge in [0.1, 0.15) is 11.6 Å². The minimum atomic E-state index is -0.345. The molecular formula is C15H21FN2O3. The van der Waals surface area contributed by atoms with Gasteiger partial charge in [0.15, 0.2) is 0 Å². The molecule has 1 aromatic rings. The molecule has 2 rings (SSSR count). The van der Waals surface area contributed by atoms with E-state index >= 15 is 0 Å². The van der Waals surface area contributed by atoms with E-state index in [1.54, 1.807) is 12.1 Å². The van der Waals surface area contributed by atoms with Crippen molar-refractivity contribution >= 4 is 5.91 Å². The average Bonchev–Trinajstić information content (AvgIpc) is 2.48. The summed E-state index contributed by atoms with van der Waals surface area (Å²) in [6.07, 6.45) is 0.264. The van der Waals surface area contributed by atoms with Crippen LogP contribution in [0.1, 0.15) is 6.42 Å². The van der Waals surface area contributed by atoms with Gasteiger partial charge in [-0.15, -0.1) is 0 Å². The molecule has 1 saturated heterocycles. The Morgan fingerprint density at radius 1 is 1.38 bits per heavy atom. The lowest BCUT2D eigenvalue weighted by Crippen LogP contribution is -2.41. The fourth-order valence-corrected chi connectivity index (χ4v) is 2.08. The first kappa shape index (κ1) is 15.7. The van der Waals surface area contributed by atoms with Crippen LogP contribution in [0, 0.1) is 5.82 Å². The van der Waals surface area contributed by atoms with Gasteiger partial charge in [0.2, 0.25) is 5.91 Å². The van der Waals surface area contributed by atoms with Gasteiger partial charge in [-0.1, -0.05) is 6.07 Å². The average molecular weight is 296 g/mol. The molecule has 0 atom stereocenters. The molecule has 1 N–H and O–H groups in total. The number of ether oxygens (including phenoxy) is 2. The monoisotopic (exact) mass is 296 g/mol. The summed E-state index contributed by atoms with van der Waals surface area (Å²) in [6, 6.07) is 5.90. The van der Waals surface area contributed by atoms with Crippen LogP contribution in [0.4, 0.5) is 4.39 Å². The van der Waals surface area contributed by atoms with E-state index in [0.29, 0.717) is 12.3 Å². The van der Waals surface area contributed by atoms with Crippen LogP contribution in [0.5, 0.6) is 5.75 Å². The molecule has 0 aliphatic carbocycles. The van der Waals surface area contributed by atoms with Crippen molar-refractivity contribution in [2.75, 3.05) is 46.0 Å². The highest BCUT2D eigenvalue weighted by Crippen LogP contribution is 2.11. The Morgan fingerprint density at radius 3 is 2.95 bits per heavy atom. The van der Waals surface area contributed by atoms with Gasteiger partial charge in [0.05, 0.1) is 26.2 Å². The van der Waals surface area contributed by atoms with E-state index in [0.717, 1.165) is 32.8 Å². The van der Waals surface area contributed by atoms with Crippen molar-refractivity contribution in [3.8, 4) is 5.75 Å². The number of hydrogen-bond acceptors (Lipinski definition) is 4. The lowest BCUT2D eigenvalue weighted by atomic mass is 10.3. The van der Waals surface area contributed by atoms with E-state index < -0.39 is 0 Å². The van der Waals surface area contributed by atoms with E-state index in [-0.39, 0.29) is 24.8 Å². The molecule has 1 amide bonds.